The van der Waals surface area contributed by atoms with Gasteiger partial charge in [-0.3, -0.25) is 0 Å². The van der Waals surface area contributed by atoms with E-state index in [0.29, 0.717) is 11.8 Å². The molecular formula is C11H19P. The van der Waals surface area contributed by atoms with Crippen molar-refractivity contribution in [2.75, 3.05) is 0 Å². The Labute approximate surface area is 77.1 Å². The second-order valence-electron chi connectivity index (χ2n) is 4.14. The van der Waals surface area contributed by atoms with Crippen LogP contribution < -0.4 is 0 Å². The first-order chi connectivity index (χ1) is 5.52. The fourth-order valence-corrected chi connectivity index (χ4v) is 3.44. The molecule has 1 heteroatoms. The summed E-state index contributed by atoms with van der Waals surface area (Å²) in [7, 11) is 0.0674. The summed E-state index contributed by atoms with van der Waals surface area (Å²) in [6.45, 7) is 11.5. The lowest BCUT2D eigenvalue weighted by Crippen LogP contribution is -1.93. The molecule has 0 unspecified atom stereocenters. The van der Waals surface area contributed by atoms with Gasteiger partial charge in [0.1, 0.15) is 0 Å². The Bertz CT molecular complexity index is 230. The largest absolute Gasteiger partial charge is 0.128 e. The zero-order valence-electron chi connectivity index (χ0n) is 8.76. The summed E-state index contributed by atoms with van der Waals surface area (Å²) in [5.41, 5.74) is 3.19. The minimum absolute atomic E-state index is 0.0674. The van der Waals surface area contributed by atoms with E-state index in [4.69, 9.17) is 0 Å². The van der Waals surface area contributed by atoms with Crippen molar-refractivity contribution in [1.29, 1.82) is 0 Å². The predicted octanol–water partition coefficient (Wildman–Crippen LogP) is 4.46. The van der Waals surface area contributed by atoms with E-state index < -0.39 is 0 Å². The third-order valence-electron chi connectivity index (χ3n) is 2.26. The van der Waals surface area contributed by atoms with E-state index >= 15 is 0 Å². The Morgan fingerprint density at radius 3 is 1.50 bits per heavy atom. The van der Waals surface area contributed by atoms with Crippen LogP contribution in [0.1, 0.15) is 50.7 Å². The van der Waals surface area contributed by atoms with Crippen molar-refractivity contribution in [1.82, 2.24) is 0 Å². The molecule has 0 aliphatic rings. The topological polar surface area (TPSA) is 0 Å². The van der Waals surface area contributed by atoms with Gasteiger partial charge < -0.3 is 0 Å². The fraction of sp³-hybridized carbons (Fsp3) is 0.636. The monoisotopic (exact) mass is 182 g/mol. The maximum absolute atomic E-state index is 2.47. The highest BCUT2D eigenvalue weighted by atomic mass is 31.1. The molecule has 1 rings (SSSR count). The van der Waals surface area contributed by atoms with Crippen molar-refractivity contribution in [2.45, 2.75) is 39.5 Å². The Morgan fingerprint density at radius 2 is 1.25 bits per heavy atom. The summed E-state index contributed by atoms with van der Waals surface area (Å²) in [6.07, 6.45) is 0. The van der Waals surface area contributed by atoms with Gasteiger partial charge in [-0.2, -0.15) is 0 Å². The third-order valence-corrected chi connectivity index (χ3v) is 3.63. The molecule has 0 aliphatic carbocycles. The van der Waals surface area contributed by atoms with Crippen molar-refractivity contribution in [3.63, 3.8) is 0 Å². The van der Waals surface area contributed by atoms with Crippen molar-refractivity contribution < 1.29 is 0 Å². The standard InChI is InChI=1S/C11H19P/c1-8(2)10-6-12(5)7-11(10)9(3)4/h6-9H,1-5H3. The van der Waals surface area contributed by atoms with Crippen LogP contribution in [-0.2, 0) is 6.66 Å². The van der Waals surface area contributed by atoms with Crippen LogP contribution in [0.3, 0.4) is 0 Å². The normalized spacial score (nSPS) is 11.6. The van der Waals surface area contributed by atoms with Crippen LogP contribution >= 0.6 is 7.53 Å². The summed E-state index contributed by atoms with van der Waals surface area (Å²) >= 11 is 0. The Kier molecular flexibility index (Phi) is 3.01. The number of aryl methyl sites for hydroxylation is 1. The zero-order chi connectivity index (χ0) is 9.30. The summed E-state index contributed by atoms with van der Waals surface area (Å²) < 4.78 is 0. The number of hydrogen-bond donors (Lipinski definition) is 0. The van der Waals surface area contributed by atoms with Gasteiger partial charge in [-0.1, -0.05) is 27.7 Å². The van der Waals surface area contributed by atoms with Gasteiger partial charge in [0, 0.05) is 0 Å². The summed E-state index contributed by atoms with van der Waals surface area (Å²) in [6, 6.07) is 0. The van der Waals surface area contributed by atoms with Gasteiger partial charge in [0.25, 0.3) is 0 Å². The Hall–Kier alpha value is -0.220. The van der Waals surface area contributed by atoms with Crippen LogP contribution in [0.5, 0.6) is 0 Å². The van der Waals surface area contributed by atoms with Crippen molar-refractivity contribution in [2.24, 2.45) is 6.66 Å². The SMILES string of the molecule is CC(C)c1cp(C)cc1C(C)C. The van der Waals surface area contributed by atoms with Gasteiger partial charge in [-0.25, -0.2) is 0 Å². The molecule has 0 radical (unpaired) electrons. The summed E-state index contributed by atoms with van der Waals surface area (Å²) in [4.78, 5) is 0. The zero-order valence-corrected chi connectivity index (χ0v) is 9.65. The first-order valence-electron chi connectivity index (χ1n) is 4.68. The first kappa shape index (κ1) is 9.86. The van der Waals surface area contributed by atoms with E-state index in [9.17, 15) is 0 Å². The van der Waals surface area contributed by atoms with E-state index in [1.807, 2.05) is 0 Å². The van der Waals surface area contributed by atoms with E-state index in [2.05, 4.69) is 46.0 Å². The minimum Gasteiger partial charge on any atom is -0.128 e. The molecule has 0 spiro atoms. The lowest BCUT2D eigenvalue weighted by molar-refractivity contribution is 0.798. The summed E-state index contributed by atoms with van der Waals surface area (Å²) in [5.74, 6) is 6.34. The van der Waals surface area contributed by atoms with Crippen LogP contribution in [0.15, 0.2) is 11.6 Å². The average molecular weight is 182 g/mol. The highest BCUT2D eigenvalue weighted by molar-refractivity contribution is 7.46. The smallest absolute Gasteiger partial charge is 0.0213 e. The van der Waals surface area contributed by atoms with E-state index in [-0.39, 0.29) is 7.53 Å². The van der Waals surface area contributed by atoms with E-state index in [0.717, 1.165) is 0 Å². The predicted molar refractivity (Wildman–Crippen MR) is 58.3 cm³/mol. The average Bonchev–Trinajstić information content (AvgIpc) is 2.31. The molecule has 0 amide bonds. The number of hydrogen-bond acceptors (Lipinski definition) is 0. The molecule has 0 nitrogen and oxygen atoms in total. The molecule has 0 saturated heterocycles. The molecule has 68 valence electrons. The van der Waals surface area contributed by atoms with Crippen LogP contribution in [0, 0.1) is 0 Å². The highest BCUT2D eigenvalue weighted by Gasteiger charge is 2.11. The maximum atomic E-state index is 2.47. The Balaban J connectivity index is 3.08. The fourth-order valence-electron chi connectivity index (χ4n) is 1.59. The third kappa shape index (κ3) is 1.93. The van der Waals surface area contributed by atoms with Crippen LogP contribution in [0.25, 0.3) is 0 Å². The Morgan fingerprint density at radius 1 is 0.917 bits per heavy atom. The minimum atomic E-state index is 0.0674. The molecule has 1 aromatic rings. The van der Waals surface area contributed by atoms with Crippen molar-refractivity contribution in [3.05, 3.63) is 22.7 Å². The molecule has 0 saturated carbocycles. The lowest BCUT2D eigenvalue weighted by Gasteiger charge is -2.09. The van der Waals surface area contributed by atoms with Crippen molar-refractivity contribution >= 4 is 7.53 Å². The molecular weight excluding hydrogens is 163 g/mol. The van der Waals surface area contributed by atoms with Gasteiger partial charge in [0.05, 0.1) is 0 Å². The molecule has 0 atom stereocenters. The second-order valence-corrected chi connectivity index (χ2v) is 5.99. The molecule has 1 heterocycles. The molecule has 0 N–H and O–H groups in total. The molecule has 0 fully saturated rings. The molecule has 1 aromatic heterocycles. The quantitative estimate of drug-likeness (QED) is 0.633. The van der Waals surface area contributed by atoms with Gasteiger partial charge in [-0.15, -0.1) is 7.53 Å². The molecule has 0 bridgehead atoms. The molecule has 0 aromatic carbocycles. The highest BCUT2D eigenvalue weighted by Crippen LogP contribution is 2.37. The van der Waals surface area contributed by atoms with Crippen LogP contribution in [-0.4, -0.2) is 0 Å². The van der Waals surface area contributed by atoms with Gasteiger partial charge >= 0.3 is 0 Å². The lowest BCUT2D eigenvalue weighted by atomic mass is 9.95. The molecule has 12 heavy (non-hydrogen) atoms. The molecule has 0 aliphatic heterocycles. The van der Waals surface area contributed by atoms with Crippen molar-refractivity contribution in [3.8, 4) is 0 Å². The van der Waals surface area contributed by atoms with Crippen LogP contribution in [0.4, 0.5) is 0 Å². The second kappa shape index (κ2) is 3.66. The van der Waals surface area contributed by atoms with E-state index in [1.54, 1.807) is 11.1 Å². The first-order valence-corrected chi connectivity index (χ1v) is 6.60. The van der Waals surface area contributed by atoms with Crippen LogP contribution in [0.2, 0.25) is 0 Å². The summed E-state index contributed by atoms with van der Waals surface area (Å²) in [5, 5.41) is 0. The van der Waals surface area contributed by atoms with Gasteiger partial charge in [-0.05, 0) is 41.2 Å². The van der Waals surface area contributed by atoms with Gasteiger partial charge in [0.15, 0.2) is 0 Å². The van der Waals surface area contributed by atoms with Gasteiger partial charge in [0.2, 0.25) is 0 Å². The number of rotatable bonds is 2. The maximum Gasteiger partial charge on any atom is -0.0213 e. The van der Waals surface area contributed by atoms with E-state index in [1.165, 1.54) is 0 Å².